The van der Waals surface area contributed by atoms with E-state index in [1.807, 2.05) is 0 Å². The van der Waals surface area contributed by atoms with Crippen molar-refractivity contribution >= 4 is 10.0 Å². The standard InChI is InChI=1S/C15H19FN4O2S/c1-12-14(16)5-2-6-15(12)23(21,22)20-7-3-4-13(9-20)8-19-11-17-10-18-19/h2,5-6,10-11,13H,3-4,7-9H2,1H3/t13-/m0/s1. The topological polar surface area (TPSA) is 68.1 Å². The lowest BCUT2D eigenvalue weighted by molar-refractivity contribution is 0.239. The first-order valence-corrected chi connectivity index (χ1v) is 9.00. The zero-order chi connectivity index (χ0) is 16.4. The summed E-state index contributed by atoms with van der Waals surface area (Å²) in [6.07, 6.45) is 4.82. The summed E-state index contributed by atoms with van der Waals surface area (Å²) in [7, 11) is -3.68. The van der Waals surface area contributed by atoms with Crippen LogP contribution in [0, 0.1) is 18.7 Å². The predicted octanol–water partition coefficient (Wildman–Crippen LogP) is 1.83. The summed E-state index contributed by atoms with van der Waals surface area (Å²) in [6, 6.07) is 4.18. The maximum absolute atomic E-state index is 13.7. The fourth-order valence-electron chi connectivity index (χ4n) is 2.99. The van der Waals surface area contributed by atoms with Gasteiger partial charge in [-0.05, 0) is 37.8 Å². The SMILES string of the molecule is Cc1c(F)cccc1S(=O)(=O)N1CCC[C@@H](Cn2cncn2)C1. The molecule has 1 saturated heterocycles. The van der Waals surface area contributed by atoms with Gasteiger partial charge in [-0.15, -0.1) is 0 Å². The third-order valence-electron chi connectivity index (χ3n) is 4.23. The number of halogens is 1. The minimum atomic E-state index is -3.68. The minimum absolute atomic E-state index is 0.0545. The highest BCUT2D eigenvalue weighted by molar-refractivity contribution is 7.89. The minimum Gasteiger partial charge on any atom is -0.253 e. The highest BCUT2D eigenvalue weighted by Crippen LogP contribution is 2.27. The van der Waals surface area contributed by atoms with Gasteiger partial charge in [-0.2, -0.15) is 9.40 Å². The van der Waals surface area contributed by atoms with Crippen LogP contribution in [0.5, 0.6) is 0 Å². The summed E-state index contributed by atoms with van der Waals surface area (Å²) in [5.41, 5.74) is 0.172. The summed E-state index contributed by atoms with van der Waals surface area (Å²) < 4.78 is 42.5. The molecule has 1 aliphatic rings. The van der Waals surface area contributed by atoms with E-state index in [2.05, 4.69) is 10.1 Å². The largest absolute Gasteiger partial charge is 0.253 e. The van der Waals surface area contributed by atoms with Crippen LogP contribution in [0.2, 0.25) is 0 Å². The highest BCUT2D eigenvalue weighted by atomic mass is 32.2. The zero-order valence-corrected chi connectivity index (χ0v) is 13.7. The van der Waals surface area contributed by atoms with Gasteiger partial charge < -0.3 is 0 Å². The quantitative estimate of drug-likeness (QED) is 0.853. The average molecular weight is 338 g/mol. The van der Waals surface area contributed by atoms with Gasteiger partial charge in [0, 0.05) is 25.2 Å². The molecule has 1 fully saturated rings. The number of benzene rings is 1. The van der Waals surface area contributed by atoms with E-state index in [9.17, 15) is 12.8 Å². The molecule has 0 bridgehead atoms. The van der Waals surface area contributed by atoms with Gasteiger partial charge in [-0.1, -0.05) is 6.07 Å². The van der Waals surface area contributed by atoms with Crippen molar-refractivity contribution in [1.82, 2.24) is 19.1 Å². The van der Waals surface area contributed by atoms with Crippen LogP contribution in [0.3, 0.4) is 0 Å². The second-order valence-electron chi connectivity index (χ2n) is 5.85. The first-order valence-electron chi connectivity index (χ1n) is 7.56. The number of nitrogens with zero attached hydrogens (tertiary/aromatic N) is 4. The zero-order valence-electron chi connectivity index (χ0n) is 12.9. The van der Waals surface area contributed by atoms with Crippen LogP contribution in [0.4, 0.5) is 4.39 Å². The van der Waals surface area contributed by atoms with Crippen molar-refractivity contribution in [3.8, 4) is 0 Å². The molecule has 0 spiro atoms. The molecule has 23 heavy (non-hydrogen) atoms. The maximum atomic E-state index is 13.7. The van der Waals surface area contributed by atoms with Gasteiger partial charge in [0.15, 0.2) is 0 Å². The summed E-state index contributed by atoms with van der Waals surface area (Å²) >= 11 is 0. The molecule has 6 nitrogen and oxygen atoms in total. The number of hydrogen-bond acceptors (Lipinski definition) is 4. The smallest absolute Gasteiger partial charge is 0.243 e. The van der Waals surface area contributed by atoms with Crippen LogP contribution in [0.1, 0.15) is 18.4 Å². The second-order valence-corrected chi connectivity index (χ2v) is 7.76. The van der Waals surface area contributed by atoms with Gasteiger partial charge in [0.05, 0.1) is 4.90 Å². The molecular weight excluding hydrogens is 319 g/mol. The van der Waals surface area contributed by atoms with Crippen molar-refractivity contribution in [3.63, 3.8) is 0 Å². The van der Waals surface area contributed by atoms with Crippen LogP contribution in [0.25, 0.3) is 0 Å². The van der Waals surface area contributed by atoms with Crippen molar-refractivity contribution in [2.24, 2.45) is 5.92 Å². The van der Waals surface area contributed by atoms with Crippen LogP contribution < -0.4 is 0 Å². The molecule has 0 N–H and O–H groups in total. The molecule has 0 amide bonds. The first kappa shape index (κ1) is 16.1. The Hall–Kier alpha value is -1.80. The van der Waals surface area contributed by atoms with Crippen molar-refractivity contribution in [2.75, 3.05) is 13.1 Å². The Bertz CT molecular complexity index is 777. The van der Waals surface area contributed by atoms with E-state index in [0.29, 0.717) is 19.6 Å². The molecule has 1 aromatic heterocycles. The third kappa shape index (κ3) is 3.28. The lowest BCUT2D eigenvalue weighted by atomic mass is 10.00. The van der Waals surface area contributed by atoms with Gasteiger partial charge in [0.25, 0.3) is 0 Å². The third-order valence-corrected chi connectivity index (χ3v) is 6.24. The van der Waals surface area contributed by atoms with Crippen LogP contribution >= 0.6 is 0 Å². The normalized spacial score (nSPS) is 19.8. The lowest BCUT2D eigenvalue weighted by Crippen LogP contribution is -2.41. The van der Waals surface area contributed by atoms with E-state index in [4.69, 9.17) is 0 Å². The van der Waals surface area contributed by atoms with E-state index in [-0.39, 0.29) is 16.4 Å². The Morgan fingerprint density at radius 3 is 2.96 bits per heavy atom. The van der Waals surface area contributed by atoms with Crippen molar-refractivity contribution in [2.45, 2.75) is 31.2 Å². The van der Waals surface area contributed by atoms with Crippen LogP contribution in [-0.2, 0) is 16.6 Å². The summed E-state index contributed by atoms with van der Waals surface area (Å²) in [5.74, 6) is -0.323. The highest BCUT2D eigenvalue weighted by Gasteiger charge is 2.31. The Morgan fingerprint density at radius 2 is 2.22 bits per heavy atom. The maximum Gasteiger partial charge on any atom is 0.243 e. The summed E-state index contributed by atoms with van der Waals surface area (Å²) in [6.45, 7) is 3.01. The number of aromatic nitrogens is 3. The van der Waals surface area contributed by atoms with Crippen molar-refractivity contribution in [1.29, 1.82) is 0 Å². The molecule has 2 heterocycles. The molecule has 124 valence electrons. The molecule has 0 saturated carbocycles. The monoisotopic (exact) mass is 338 g/mol. The fourth-order valence-corrected chi connectivity index (χ4v) is 4.78. The van der Waals surface area contributed by atoms with Crippen LogP contribution in [-0.4, -0.2) is 40.6 Å². The Kier molecular flexibility index (Phi) is 4.45. The van der Waals surface area contributed by atoms with E-state index in [1.54, 1.807) is 11.0 Å². The molecule has 0 unspecified atom stereocenters. The van der Waals surface area contributed by atoms with E-state index >= 15 is 0 Å². The van der Waals surface area contributed by atoms with Gasteiger partial charge in [0.1, 0.15) is 18.5 Å². The van der Waals surface area contributed by atoms with Crippen LogP contribution in [0.15, 0.2) is 35.7 Å². The second kappa shape index (κ2) is 6.37. The van der Waals surface area contributed by atoms with E-state index in [1.165, 1.54) is 35.8 Å². The number of piperidine rings is 1. The molecule has 0 radical (unpaired) electrons. The van der Waals surface area contributed by atoms with Crippen molar-refractivity contribution in [3.05, 3.63) is 42.2 Å². The molecule has 1 aliphatic heterocycles. The molecule has 1 aromatic carbocycles. The fraction of sp³-hybridized carbons (Fsp3) is 0.467. The molecule has 2 aromatic rings. The Morgan fingerprint density at radius 1 is 1.39 bits per heavy atom. The molecule has 1 atom stereocenters. The number of hydrogen-bond donors (Lipinski definition) is 0. The Balaban J connectivity index is 1.81. The van der Waals surface area contributed by atoms with Gasteiger partial charge in [-0.25, -0.2) is 17.8 Å². The van der Waals surface area contributed by atoms with E-state index < -0.39 is 15.8 Å². The van der Waals surface area contributed by atoms with Gasteiger partial charge in [-0.3, -0.25) is 4.68 Å². The van der Waals surface area contributed by atoms with Crippen molar-refractivity contribution < 1.29 is 12.8 Å². The molecule has 0 aliphatic carbocycles. The lowest BCUT2D eigenvalue weighted by Gasteiger charge is -2.32. The van der Waals surface area contributed by atoms with E-state index in [0.717, 1.165) is 12.8 Å². The molecule has 8 heteroatoms. The summed E-state index contributed by atoms with van der Waals surface area (Å²) in [4.78, 5) is 3.96. The van der Waals surface area contributed by atoms with Gasteiger partial charge >= 0.3 is 0 Å². The molecular formula is C15H19FN4O2S. The predicted molar refractivity (Wildman–Crippen MR) is 82.6 cm³/mol. The Labute approximate surface area is 135 Å². The summed E-state index contributed by atoms with van der Waals surface area (Å²) in [5, 5.41) is 4.07. The average Bonchev–Trinajstić information content (AvgIpc) is 3.03. The number of sulfonamides is 1. The number of rotatable bonds is 4. The van der Waals surface area contributed by atoms with Gasteiger partial charge in [0.2, 0.25) is 10.0 Å². The first-order chi connectivity index (χ1) is 11.0. The molecule has 3 rings (SSSR count).